The van der Waals surface area contributed by atoms with Crippen LogP contribution in [0.5, 0.6) is 0 Å². The third-order valence-electron chi connectivity index (χ3n) is 4.04. The normalized spacial score (nSPS) is 29.4. The molecule has 0 aromatic carbocycles. The Hall–Kier alpha value is 0.270. The number of aliphatic hydroxyl groups excluding tert-OH is 1. The molecular weight excluding hydrogens is 218 g/mol. The van der Waals surface area contributed by atoms with Gasteiger partial charge in [0.2, 0.25) is 0 Å². The standard InChI is InChI=1S/C13H25NOS/c15-8-6-13(11-4-2-1-3-5-11)14-12-7-9-16-10-12/h11-15H,1-10H2. The summed E-state index contributed by atoms with van der Waals surface area (Å²) in [7, 11) is 0. The van der Waals surface area contributed by atoms with Gasteiger partial charge in [-0.25, -0.2) is 0 Å². The van der Waals surface area contributed by atoms with Crippen molar-refractivity contribution < 1.29 is 5.11 Å². The first kappa shape index (κ1) is 12.7. The van der Waals surface area contributed by atoms with Crippen LogP contribution in [0.1, 0.15) is 44.9 Å². The second kappa shape index (κ2) is 6.87. The van der Waals surface area contributed by atoms with Crippen molar-refractivity contribution in [1.82, 2.24) is 5.32 Å². The van der Waals surface area contributed by atoms with E-state index in [-0.39, 0.29) is 0 Å². The first-order valence-corrected chi connectivity index (χ1v) is 8.00. The summed E-state index contributed by atoms with van der Waals surface area (Å²) >= 11 is 2.06. The lowest BCUT2D eigenvalue weighted by Gasteiger charge is -2.32. The van der Waals surface area contributed by atoms with Crippen molar-refractivity contribution in [3.8, 4) is 0 Å². The van der Waals surface area contributed by atoms with E-state index in [0.29, 0.717) is 18.7 Å². The highest BCUT2D eigenvalue weighted by molar-refractivity contribution is 7.99. The Morgan fingerprint density at radius 3 is 2.62 bits per heavy atom. The molecule has 2 rings (SSSR count). The van der Waals surface area contributed by atoms with Crippen LogP contribution in [-0.2, 0) is 0 Å². The molecule has 1 aliphatic heterocycles. The average Bonchev–Trinajstić information content (AvgIpc) is 2.83. The Balaban J connectivity index is 1.82. The first-order chi connectivity index (χ1) is 7.90. The quantitative estimate of drug-likeness (QED) is 0.778. The van der Waals surface area contributed by atoms with Gasteiger partial charge in [0, 0.05) is 24.4 Å². The number of nitrogens with one attached hydrogen (secondary N) is 1. The Bertz CT molecular complexity index is 188. The van der Waals surface area contributed by atoms with Crippen molar-refractivity contribution >= 4 is 11.8 Å². The minimum absolute atomic E-state index is 0.341. The minimum Gasteiger partial charge on any atom is -0.396 e. The molecule has 1 saturated heterocycles. The van der Waals surface area contributed by atoms with E-state index in [1.807, 2.05) is 0 Å². The van der Waals surface area contributed by atoms with Gasteiger partial charge in [0.25, 0.3) is 0 Å². The first-order valence-electron chi connectivity index (χ1n) is 6.85. The summed E-state index contributed by atoms with van der Waals surface area (Å²) in [5.41, 5.74) is 0. The maximum Gasteiger partial charge on any atom is 0.0445 e. The molecule has 1 aliphatic carbocycles. The molecule has 0 amide bonds. The highest BCUT2D eigenvalue weighted by Crippen LogP contribution is 2.29. The van der Waals surface area contributed by atoms with Crippen molar-refractivity contribution in [2.75, 3.05) is 18.1 Å². The summed E-state index contributed by atoms with van der Waals surface area (Å²) < 4.78 is 0. The molecule has 1 saturated carbocycles. The topological polar surface area (TPSA) is 32.3 Å². The predicted molar refractivity (Wildman–Crippen MR) is 70.9 cm³/mol. The molecule has 16 heavy (non-hydrogen) atoms. The van der Waals surface area contributed by atoms with E-state index in [1.54, 1.807) is 0 Å². The summed E-state index contributed by atoms with van der Waals surface area (Å²) in [5.74, 6) is 3.41. The van der Waals surface area contributed by atoms with E-state index in [4.69, 9.17) is 0 Å². The Labute approximate surface area is 104 Å². The zero-order chi connectivity index (χ0) is 11.2. The fourth-order valence-corrected chi connectivity index (χ4v) is 4.26. The van der Waals surface area contributed by atoms with Crippen LogP contribution in [0.3, 0.4) is 0 Å². The lowest BCUT2D eigenvalue weighted by atomic mass is 9.82. The third-order valence-corrected chi connectivity index (χ3v) is 5.20. The Morgan fingerprint density at radius 1 is 1.19 bits per heavy atom. The van der Waals surface area contributed by atoms with Crippen LogP contribution < -0.4 is 5.32 Å². The second-order valence-electron chi connectivity index (χ2n) is 5.24. The maximum atomic E-state index is 9.20. The van der Waals surface area contributed by atoms with E-state index >= 15 is 0 Å². The Kier molecular flexibility index (Phi) is 5.46. The third kappa shape index (κ3) is 3.64. The van der Waals surface area contributed by atoms with Gasteiger partial charge < -0.3 is 10.4 Å². The molecule has 0 radical (unpaired) electrons. The van der Waals surface area contributed by atoms with Gasteiger partial charge in [0.05, 0.1) is 0 Å². The van der Waals surface area contributed by atoms with Crippen molar-refractivity contribution in [3.63, 3.8) is 0 Å². The molecule has 2 fully saturated rings. The summed E-state index contributed by atoms with van der Waals surface area (Å²) in [5, 5.41) is 13.0. The second-order valence-corrected chi connectivity index (χ2v) is 6.39. The zero-order valence-electron chi connectivity index (χ0n) is 10.2. The van der Waals surface area contributed by atoms with Gasteiger partial charge in [0.1, 0.15) is 0 Å². The van der Waals surface area contributed by atoms with Crippen molar-refractivity contribution in [3.05, 3.63) is 0 Å². The highest BCUT2D eigenvalue weighted by Gasteiger charge is 2.26. The molecule has 3 heteroatoms. The summed E-state index contributed by atoms with van der Waals surface area (Å²) in [4.78, 5) is 0. The van der Waals surface area contributed by atoms with E-state index in [9.17, 15) is 5.11 Å². The lowest BCUT2D eigenvalue weighted by Crippen LogP contribution is -2.44. The average molecular weight is 243 g/mol. The van der Waals surface area contributed by atoms with Crippen LogP contribution >= 0.6 is 11.8 Å². The monoisotopic (exact) mass is 243 g/mol. The number of thioether (sulfide) groups is 1. The number of hydrogen-bond donors (Lipinski definition) is 2. The lowest BCUT2D eigenvalue weighted by molar-refractivity contribution is 0.198. The van der Waals surface area contributed by atoms with Gasteiger partial charge in [-0.3, -0.25) is 0 Å². The molecule has 0 aromatic heterocycles. The maximum absolute atomic E-state index is 9.20. The van der Waals surface area contributed by atoms with E-state index < -0.39 is 0 Å². The molecule has 94 valence electrons. The van der Waals surface area contributed by atoms with Crippen LogP contribution in [0.4, 0.5) is 0 Å². The largest absolute Gasteiger partial charge is 0.396 e. The molecular formula is C13H25NOS. The number of rotatable bonds is 5. The van der Waals surface area contributed by atoms with Crippen LogP contribution in [0.15, 0.2) is 0 Å². The molecule has 2 unspecified atom stereocenters. The highest BCUT2D eigenvalue weighted by atomic mass is 32.2. The van der Waals surface area contributed by atoms with E-state index in [0.717, 1.165) is 12.3 Å². The summed E-state index contributed by atoms with van der Waals surface area (Å²) in [6.45, 7) is 0.341. The molecule has 0 spiro atoms. The smallest absolute Gasteiger partial charge is 0.0445 e. The van der Waals surface area contributed by atoms with Crippen molar-refractivity contribution in [2.45, 2.75) is 57.0 Å². The minimum atomic E-state index is 0.341. The molecule has 2 nitrogen and oxygen atoms in total. The molecule has 1 heterocycles. The van der Waals surface area contributed by atoms with Gasteiger partial charge in [-0.05, 0) is 37.4 Å². The summed E-state index contributed by atoms with van der Waals surface area (Å²) in [6.07, 6.45) is 9.23. The van der Waals surface area contributed by atoms with Gasteiger partial charge >= 0.3 is 0 Å². The fraction of sp³-hybridized carbons (Fsp3) is 1.00. The van der Waals surface area contributed by atoms with Crippen molar-refractivity contribution in [1.29, 1.82) is 0 Å². The molecule has 0 bridgehead atoms. The molecule has 2 aliphatic rings. The SMILES string of the molecule is OCCC(NC1CCSC1)C1CCCCC1. The zero-order valence-corrected chi connectivity index (χ0v) is 11.0. The van der Waals surface area contributed by atoms with Crippen LogP contribution in [0, 0.1) is 5.92 Å². The number of aliphatic hydroxyl groups is 1. The van der Waals surface area contributed by atoms with E-state index in [2.05, 4.69) is 17.1 Å². The van der Waals surface area contributed by atoms with Gasteiger partial charge in [-0.2, -0.15) is 11.8 Å². The summed E-state index contributed by atoms with van der Waals surface area (Å²) in [6, 6.07) is 1.29. The fourth-order valence-electron chi connectivity index (χ4n) is 3.10. The Morgan fingerprint density at radius 2 is 2.00 bits per heavy atom. The van der Waals surface area contributed by atoms with Crippen LogP contribution in [-0.4, -0.2) is 35.3 Å². The van der Waals surface area contributed by atoms with E-state index in [1.165, 1.54) is 50.0 Å². The van der Waals surface area contributed by atoms with Gasteiger partial charge in [-0.15, -0.1) is 0 Å². The van der Waals surface area contributed by atoms with Gasteiger partial charge in [0.15, 0.2) is 0 Å². The molecule has 2 atom stereocenters. The van der Waals surface area contributed by atoms with Crippen molar-refractivity contribution in [2.24, 2.45) is 5.92 Å². The number of hydrogen-bond acceptors (Lipinski definition) is 3. The van der Waals surface area contributed by atoms with Crippen LogP contribution in [0.25, 0.3) is 0 Å². The van der Waals surface area contributed by atoms with Gasteiger partial charge in [-0.1, -0.05) is 19.3 Å². The molecule has 0 aromatic rings. The molecule has 2 N–H and O–H groups in total. The predicted octanol–water partition coefficient (Wildman–Crippen LogP) is 2.41. The van der Waals surface area contributed by atoms with Crippen LogP contribution in [0.2, 0.25) is 0 Å².